The number of nitrogens with zero attached hydrogens (tertiary/aromatic N) is 4. The lowest BCUT2D eigenvalue weighted by atomic mass is 10.1. The van der Waals surface area contributed by atoms with Crippen LogP contribution in [0.25, 0.3) is 5.69 Å². The molecule has 2 rings (SSSR count). The van der Waals surface area contributed by atoms with Gasteiger partial charge in [-0.2, -0.15) is 5.10 Å². The zero-order valence-electron chi connectivity index (χ0n) is 12.9. The predicted molar refractivity (Wildman–Crippen MR) is 81.2 cm³/mol. The highest BCUT2D eigenvalue weighted by molar-refractivity contribution is 5.83. The van der Waals surface area contributed by atoms with Crippen LogP contribution in [0.15, 0.2) is 36.9 Å². The molecule has 116 valence electrons. The molecule has 1 aromatic heterocycles. The largest absolute Gasteiger partial charge is 0.347 e. The molecule has 0 fully saturated rings. The van der Waals surface area contributed by atoms with Gasteiger partial charge in [0.15, 0.2) is 0 Å². The van der Waals surface area contributed by atoms with Crippen LogP contribution < -0.4 is 5.32 Å². The van der Waals surface area contributed by atoms with Gasteiger partial charge in [-0.15, -0.1) is 0 Å². The van der Waals surface area contributed by atoms with Crippen LogP contribution in [0.5, 0.6) is 0 Å². The van der Waals surface area contributed by atoms with E-state index >= 15 is 0 Å². The lowest BCUT2D eigenvalue weighted by Gasteiger charge is -2.25. The predicted octanol–water partition coefficient (Wildman–Crippen LogP) is 0.923. The molecule has 2 aromatic rings. The zero-order chi connectivity index (χ0) is 16.1. The molecule has 1 N–H and O–H groups in total. The van der Waals surface area contributed by atoms with Crippen molar-refractivity contribution in [1.82, 2.24) is 25.0 Å². The first-order valence-corrected chi connectivity index (χ1v) is 6.94. The fraction of sp³-hybridized carbons (Fsp3) is 0.333. The average molecular weight is 301 g/mol. The highest BCUT2D eigenvalue weighted by Crippen LogP contribution is 2.20. The molecule has 1 unspecified atom stereocenters. The van der Waals surface area contributed by atoms with Gasteiger partial charge >= 0.3 is 0 Å². The number of nitrogens with one attached hydrogen (secondary N) is 1. The number of hydrogen-bond acceptors (Lipinski definition) is 4. The van der Waals surface area contributed by atoms with Gasteiger partial charge < -0.3 is 10.2 Å². The van der Waals surface area contributed by atoms with Crippen LogP contribution in [0.3, 0.4) is 0 Å². The van der Waals surface area contributed by atoms with Crippen molar-refractivity contribution in [3.8, 4) is 5.69 Å². The Balaban J connectivity index is 2.04. The Morgan fingerprint density at radius 1 is 1.32 bits per heavy atom. The molecule has 7 nitrogen and oxygen atoms in total. The van der Waals surface area contributed by atoms with E-state index in [0.29, 0.717) is 0 Å². The minimum Gasteiger partial charge on any atom is -0.347 e. The minimum atomic E-state index is -0.216. The zero-order valence-corrected chi connectivity index (χ0v) is 12.9. The molecule has 0 spiro atoms. The lowest BCUT2D eigenvalue weighted by Crippen LogP contribution is -2.38. The van der Waals surface area contributed by atoms with Gasteiger partial charge in [0.25, 0.3) is 0 Å². The Hall–Kier alpha value is -2.70. The maximum absolute atomic E-state index is 12.0. The molecule has 1 aromatic carbocycles. The van der Waals surface area contributed by atoms with Crippen molar-refractivity contribution in [1.29, 1.82) is 0 Å². The van der Waals surface area contributed by atoms with Gasteiger partial charge in [-0.25, -0.2) is 9.67 Å². The van der Waals surface area contributed by atoms with E-state index in [-0.39, 0.29) is 24.4 Å². The lowest BCUT2D eigenvalue weighted by molar-refractivity contribution is -0.133. The van der Waals surface area contributed by atoms with Crippen molar-refractivity contribution in [2.75, 3.05) is 13.6 Å². The van der Waals surface area contributed by atoms with Crippen molar-refractivity contribution in [2.45, 2.75) is 19.9 Å². The first kappa shape index (κ1) is 15.7. The maximum Gasteiger partial charge on any atom is 0.242 e. The first-order valence-electron chi connectivity index (χ1n) is 6.94. The maximum atomic E-state index is 12.0. The highest BCUT2D eigenvalue weighted by atomic mass is 16.2. The number of carbonyl (C=O) groups excluding carboxylic acids is 2. The van der Waals surface area contributed by atoms with E-state index in [1.54, 1.807) is 23.0 Å². The average Bonchev–Trinajstić information content (AvgIpc) is 3.05. The number of hydrogen-bond donors (Lipinski definition) is 1. The van der Waals surface area contributed by atoms with Crippen molar-refractivity contribution in [3.63, 3.8) is 0 Å². The van der Waals surface area contributed by atoms with Gasteiger partial charge in [-0.3, -0.25) is 9.59 Å². The van der Waals surface area contributed by atoms with Gasteiger partial charge in [0.05, 0.1) is 18.3 Å². The Morgan fingerprint density at radius 3 is 2.55 bits per heavy atom. The molecule has 0 saturated heterocycles. The molecule has 0 radical (unpaired) electrons. The number of aromatic nitrogens is 3. The van der Waals surface area contributed by atoms with Crippen LogP contribution in [0.1, 0.15) is 25.5 Å². The summed E-state index contributed by atoms with van der Waals surface area (Å²) < 4.78 is 1.67. The third kappa shape index (κ3) is 3.69. The van der Waals surface area contributed by atoms with Crippen molar-refractivity contribution in [3.05, 3.63) is 42.5 Å². The summed E-state index contributed by atoms with van der Waals surface area (Å²) in [5.41, 5.74) is 1.91. The number of carbonyl (C=O) groups is 2. The molecule has 0 bridgehead atoms. The molecule has 0 aliphatic rings. The summed E-state index contributed by atoms with van der Waals surface area (Å²) in [6.07, 6.45) is 3.10. The van der Waals surface area contributed by atoms with Crippen molar-refractivity contribution >= 4 is 11.8 Å². The fourth-order valence-corrected chi connectivity index (χ4v) is 2.01. The van der Waals surface area contributed by atoms with Crippen LogP contribution >= 0.6 is 0 Å². The Morgan fingerprint density at radius 2 is 2.00 bits per heavy atom. The van der Waals surface area contributed by atoms with E-state index in [4.69, 9.17) is 0 Å². The van der Waals surface area contributed by atoms with E-state index < -0.39 is 0 Å². The van der Waals surface area contributed by atoms with Crippen LogP contribution in [0.2, 0.25) is 0 Å². The second-order valence-electron chi connectivity index (χ2n) is 5.02. The van der Waals surface area contributed by atoms with Gasteiger partial charge in [0.1, 0.15) is 12.7 Å². The van der Waals surface area contributed by atoms with Gasteiger partial charge in [0, 0.05) is 14.0 Å². The van der Waals surface area contributed by atoms with E-state index in [1.807, 2.05) is 31.2 Å². The molecule has 0 aliphatic heterocycles. The standard InChI is InChI=1S/C15H19N5O2/c1-11(19(3)15(22)8-17-12(2)21)13-4-6-14(7-5-13)20-10-16-9-18-20/h4-7,9-11H,8H2,1-3H3,(H,17,21). The molecule has 22 heavy (non-hydrogen) atoms. The monoisotopic (exact) mass is 301 g/mol. The van der Waals surface area contributed by atoms with Crippen molar-refractivity contribution in [2.24, 2.45) is 0 Å². The number of likely N-dealkylation sites (N-methyl/N-ethyl adjacent to an activating group) is 1. The van der Waals surface area contributed by atoms with Crippen LogP contribution in [-0.4, -0.2) is 45.1 Å². The molecule has 0 saturated carbocycles. The fourth-order valence-electron chi connectivity index (χ4n) is 2.01. The summed E-state index contributed by atoms with van der Waals surface area (Å²) in [5.74, 6) is -0.352. The summed E-state index contributed by atoms with van der Waals surface area (Å²) >= 11 is 0. The number of benzene rings is 1. The third-order valence-corrected chi connectivity index (χ3v) is 3.52. The Bertz CT molecular complexity index is 636. The molecule has 1 heterocycles. The molecular weight excluding hydrogens is 282 g/mol. The Kier molecular flexibility index (Phi) is 4.88. The molecular formula is C15H19N5O2. The Labute approximate surface area is 129 Å². The third-order valence-electron chi connectivity index (χ3n) is 3.52. The smallest absolute Gasteiger partial charge is 0.242 e. The number of amides is 2. The molecule has 0 aliphatic carbocycles. The van der Waals surface area contributed by atoms with Crippen LogP contribution in [0, 0.1) is 0 Å². The summed E-state index contributed by atoms with van der Waals surface area (Å²) in [4.78, 5) is 28.4. The SMILES string of the molecule is CC(=O)NCC(=O)N(C)C(C)c1ccc(-n2cncn2)cc1. The van der Waals surface area contributed by atoms with E-state index in [9.17, 15) is 9.59 Å². The van der Waals surface area contributed by atoms with E-state index in [1.165, 1.54) is 13.3 Å². The van der Waals surface area contributed by atoms with Crippen LogP contribution in [-0.2, 0) is 9.59 Å². The van der Waals surface area contributed by atoms with Crippen LogP contribution in [0.4, 0.5) is 0 Å². The summed E-state index contributed by atoms with van der Waals surface area (Å²) in [6, 6.07) is 7.65. The highest BCUT2D eigenvalue weighted by Gasteiger charge is 2.17. The summed E-state index contributed by atoms with van der Waals surface area (Å²) in [7, 11) is 1.72. The normalized spacial score (nSPS) is 11.8. The second-order valence-corrected chi connectivity index (χ2v) is 5.02. The summed E-state index contributed by atoms with van der Waals surface area (Å²) in [6.45, 7) is 3.34. The quantitative estimate of drug-likeness (QED) is 0.890. The summed E-state index contributed by atoms with van der Waals surface area (Å²) in [5, 5.41) is 6.58. The van der Waals surface area contributed by atoms with Gasteiger partial charge in [-0.1, -0.05) is 12.1 Å². The van der Waals surface area contributed by atoms with Gasteiger partial charge in [0.2, 0.25) is 11.8 Å². The molecule has 7 heteroatoms. The second kappa shape index (κ2) is 6.84. The van der Waals surface area contributed by atoms with E-state index in [0.717, 1.165) is 11.3 Å². The van der Waals surface area contributed by atoms with Gasteiger partial charge in [-0.05, 0) is 24.6 Å². The minimum absolute atomic E-state index is 0.00716. The molecule has 1 atom stereocenters. The first-order chi connectivity index (χ1) is 10.5. The number of rotatable bonds is 5. The molecule has 2 amide bonds. The van der Waals surface area contributed by atoms with Crippen molar-refractivity contribution < 1.29 is 9.59 Å². The topological polar surface area (TPSA) is 80.1 Å². The van der Waals surface area contributed by atoms with E-state index in [2.05, 4.69) is 15.4 Å².